The molecule has 5 heteroatoms. The number of nitrogens with one attached hydrogen (secondary N) is 1. The van der Waals surface area contributed by atoms with Gasteiger partial charge in [-0.1, -0.05) is 38.5 Å². The lowest BCUT2D eigenvalue weighted by molar-refractivity contribution is 0.0696. The normalized spacial score (nSPS) is 23.0. The van der Waals surface area contributed by atoms with Gasteiger partial charge in [-0.15, -0.1) is 0 Å². The first-order chi connectivity index (χ1) is 12.6. The van der Waals surface area contributed by atoms with Gasteiger partial charge >= 0.3 is 5.97 Å². The summed E-state index contributed by atoms with van der Waals surface area (Å²) in [6.07, 6.45) is 13.6. The van der Waals surface area contributed by atoms with E-state index in [4.69, 9.17) is 5.10 Å². The van der Waals surface area contributed by atoms with Crippen molar-refractivity contribution in [2.45, 2.75) is 89.6 Å². The Bertz CT molecular complexity index is 707. The second-order valence-corrected chi connectivity index (χ2v) is 8.64. The molecule has 0 aromatic carbocycles. The molecule has 0 atom stereocenters. The summed E-state index contributed by atoms with van der Waals surface area (Å²) in [7, 11) is 0. The number of nitrogens with zero attached hydrogens (tertiary/aromatic N) is 2. The molecule has 5 nitrogen and oxygen atoms in total. The fourth-order valence-corrected chi connectivity index (χ4v) is 5.21. The second kappa shape index (κ2) is 7.09. The van der Waals surface area contributed by atoms with Crippen LogP contribution in [0.15, 0.2) is 11.2 Å². The minimum atomic E-state index is -0.829. The summed E-state index contributed by atoms with van der Waals surface area (Å²) in [6.45, 7) is 2.88. The molecule has 1 spiro atoms. The van der Waals surface area contributed by atoms with Gasteiger partial charge in [0.05, 0.1) is 22.5 Å². The summed E-state index contributed by atoms with van der Waals surface area (Å²) in [6, 6.07) is 1.86. The molecule has 2 N–H and O–H groups in total. The van der Waals surface area contributed by atoms with Gasteiger partial charge in [0.2, 0.25) is 0 Å². The first-order valence-electron chi connectivity index (χ1n) is 10.4. The van der Waals surface area contributed by atoms with E-state index < -0.39 is 5.97 Å². The van der Waals surface area contributed by atoms with Gasteiger partial charge in [-0.3, -0.25) is 0 Å². The third kappa shape index (κ3) is 3.28. The van der Waals surface area contributed by atoms with E-state index in [1.165, 1.54) is 64.2 Å². The van der Waals surface area contributed by atoms with Crippen molar-refractivity contribution in [3.8, 4) is 0 Å². The van der Waals surface area contributed by atoms with Crippen LogP contribution >= 0.6 is 0 Å². The lowest BCUT2D eigenvalue weighted by atomic mass is 9.79. The topological polar surface area (TPSA) is 66.6 Å². The average molecular weight is 357 g/mol. The Morgan fingerprint density at radius 2 is 1.92 bits per heavy atom. The molecule has 1 aromatic rings. The van der Waals surface area contributed by atoms with Gasteiger partial charge in [0, 0.05) is 18.7 Å². The molecule has 0 radical (unpaired) electrons. The van der Waals surface area contributed by atoms with E-state index in [0.717, 1.165) is 30.1 Å². The highest BCUT2D eigenvalue weighted by Crippen LogP contribution is 2.36. The molecule has 2 saturated carbocycles. The Kier molecular flexibility index (Phi) is 4.80. The molecule has 26 heavy (non-hydrogen) atoms. The minimum absolute atomic E-state index is 0.116. The van der Waals surface area contributed by atoms with Gasteiger partial charge in [0.1, 0.15) is 0 Å². The van der Waals surface area contributed by atoms with Crippen LogP contribution in [0.2, 0.25) is 0 Å². The van der Waals surface area contributed by atoms with E-state index in [9.17, 15) is 9.90 Å². The van der Waals surface area contributed by atoms with E-state index in [2.05, 4.69) is 9.99 Å². The molecule has 2 aliphatic carbocycles. The first-order valence-corrected chi connectivity index (χ1v) is 10.4. The Morgan fingerprint density at radius 1 is 1.23 bits per heavy atom. The highest BCUT2D eigenvalue weighted by atomic mass is 16.4. The lowest BCUT2D eigenvalue weighted by Gasteiger charge is -2.32. The molecule has 3 aliphatic rings. The summed E-state index contributed by atoms with van der Waals surface area (Å²) in [4.78, 5) is 11.7. The summed E-state index contributed by atoms with van der Waals surface area (Å²) in [5.41, 5.74) is 6.95. The predicted octanol–water partition coefficient (Wildman–Crippen LogP) is 4.48. The molecular weight excluding hydrogens is 326 g/mol. The van der Waals surface area contributed by atoms with Crippen molar-refractivity contribution in [3.63, 3.8) is 0 Å². The second-order valence-electron chi connectivity index (χ2n) is 8.64. The van der Waals surface area contributed by atoms with E-state index in [1.54, 1.807) is 0 Å². The zero-order valence-corrected chi connectivity index (χ0v) is 15.9. The zero-order chi connectivity index (χ0) is 18.1. The molecule has 4 rings (SSSR count). The molecular formula is C21H31N3O2. The van der Waals surface area contributed by atoms with Crippen LogP contribution in [-0.2, 0) is 6.54 Å². The van der Waals surface area contributed by atoms with E-state index >= 15 is 0 Å². The van der Waals surface area contributed by atoms with Gasteiger partial charge in [0.15, 0.2) is 0 Å². The summed E-state index contributed by atoms with van der Waals surface area (Å²) < 4.78 is 2.25. The van der Waals surface area contributed by atoms with Crippen LogP contribution < -0.4 is 5.43 Å². The van der Waals surface area contributed by atoms with Gasteiger partial charge in [-0.05, 0) is 44.6 Å². The Hall–Kier alpha value is -1.78. The molecule has 142 valence electrons. The van der Waals surface area contributed by atoms with Crippen molar-refractivity contribution in [2.75, 3.05) is 0 Å². The van der Waals surface area contributed by atoms with Crippen molar-refractivity contribution >= 4 is 11.7 Å². The molecule has 0 amide bonds. The van der Waals surface area contributed by atoms with Crippen LogP contribution in [0, 0.1) is 12.8 Å². The minimum Gasteiger partial charge on any atom is -0.478 e. The molecule has 2 heterocycles. The Balaban J connectivity index is 1.62. The van der Waals surface area contributed by atoms with Crippen LogP contribution in [0.5, 0.6) is 0 Å². The lowest BCUT2D eigenvalue weighted by Crippen LogP contribution is -2.40. The number of aromatic nitrogens is 1. The van der Waals surface area contributed by atoms with Gasteiger partial charge in [-0.2, -0.15) is 5.10 Å². The number of hydrazone groups is 1. The van der Waals surface area contributed by atoms with Crippen LogP contribution in [0.3, 0.4) is 0 Å². The van der Waals surface area contributed by atoms with Gasteiger partial charge in [-0.25, -0.2) is 4.79 Å². The quantitative estimate of drug-likeness (QED) is 0.835. The maximum Gasteiger partial charge on any atom is 0.337 e. The summed E-state index contributed by atoms with van der Waals surface area (Å²) in [5, 5.41) is 14.3. The molecule has 1 aliphatic heterocycles. The number of carboxylic acid groups (broad SMARTS) is 1. The van der Waals surface area contributed by atoms with Crippen molar-refractivity contribution in [2.24, 2.45) is 11.0 Å². The van der Waals surface area contributed by atoms with E-state index in [-0.39, 0.29) is 5.54 Å². The molecule has 0 saturated heterocycles. The Morgan fingerprint density at radius 3 is 2.62 bits per heavy atom. The van der Waals surface area contributed by atoms with E-state index in [0.29, 0.717) is 11.5 Å². The first kappa shape index (κ1) is 17.6. The van der Waals surface area contributed by atoms with Crippen LogP contribution in [0.25, 0.3) is 0 Å². The average Bonchev–Trinajstić information content (AvgIpc) is 3.19. The smallest absolute Gasteiger partial charge is 0.337 e. The molecule has 0 unspecified atom stereocenters. The van der Waals surface area contributed by atoms with Gasteiger partial charge < -0.3 is 15.1 Å². The highest BCUT2D eigenvalue weighted by Gasteiger charge is 2.38. The highest BCUT2D eigenvalue weighted by molar-refractivity contribution is 6.03. The third-order valence-corrected chi connectivity index (χ3v) is 6.80. The zero-order valence-electron chi connectivity index (χ0n) is 15.9. The van der Waals surface area contributed by atoms with Gasteiger partial charge in [0.25, 0.3) is 0 Å². The van der Waals surface area contributed by atoms with Crippen molar-refractivity contribution < 1.29 is 9.90 Å². The van der Waals surface area contributed by atoms with Crippen LogP contribution in [0.1, 0.15) is 92.4 Å². The van der Waals surface area contributed by atoms with Crippen molar-refractivity contribution in [3.05, 3.63) is 23.0 Å². The number of aromatic carboxylic acids is 1. The fraction of sp³-hybridized carbons (Fsp3) is 0.714. The molecule has 0 bridgehead atoms. The summed E-state index contributed by atoms with van der Waals surface area (Å²) in [5.74, 6) is -0.168. The maximum atomic E-state index is 11.7. The fourth-order valence-electron chi connectivity index (χ4n) is 5.21. The number of carboxylic acids is 1. The third-order valence-electron chi connectivity index (χ3n) is 6.80. The standard InChI is InChI=1S/C21H31N3O2/c1-15-17(20(25)26)12-19(24(15)14-16-8-4-2-5-9-16)18-13-21(23-22-18)10-6-3-7-11-21/h12,16,23H,2-11,13-14H2,1H3,(H,25,26). The number of carbonyl (C=O) groups is 1. The number of rotatable bonds is 4. The predicted molar refractivity (Wildman–Crippen MR) is 103 cm³/mol. The summed E-state index contributed by atoms with van der Waals surface area (Å²) >= 11 is 0. The number of hydrogen-bond acceptors (Lipinski definition) is 3. The monoisotopic (exact) mass is 357 g/mol. The maximum absolute atomic E-state index is 11.7. The van der Waals surface area contributed by atoms with Crippen molar-refractivity contribution in [1.29, 1.82) is 0 Å². The largest absolute Gasteiger partial charge is 0.478 e. The van der Waals surface area contributed by atoms with E-state index in [1.807, 2.05) is 13.0 Å². The number of hydrogen-bond donors (Lipinski definition) is 2. The van der Waals surface area contributed by atoms with Crippen molar-refractivity contribution in [1.82, 2.24) is 9.99 Å². The van der Waals surface area contributed by atoms with Crippen LogP contribution in [-0.4, -0.2) is 26.9 Å². The molecule has 2 fully saturated rings. The van der Waals surface area contributed by atoms with Crippen LogP contribution in [0.4, 0.5) is 0 Å². The SMILES string of the molecule is Cc1c(C(=O)O)cc(C2=NNC3(CCCCC3)C2)n1CC1CCCCC1. The Labute approximate surface area is 155 Å². The molecule has 1 aromatic heterocycles.